The second kappa shape index (κ2) is 4.09. The number of aromatic nitrogens is 2. The SMILES string of the molecule is CSc1nc2ccccc2n1-c1cc(O)cs1. The third kappa shape index (κ3) is 1.71. The maximum atomic E-state index is 9.46. The molecule has 0 saturated carbocycles. The molecule has 2 aromatic heterocycles. The minimum absolute atomic E-state index is 0.301. The molecular weight excluding hydrogens is 252 g/mol. The minimum Gasteiger partial charge on any atom is -0.507 e. The van der Waals surface area contributed by atoms with Crippen molar-refractivity contribution in [2.75, 3.05) is 6.26 Å². The van der Waals surface area contributed by atoms with Gasteiger partial charge < -0.3 is 5.11 Å². The molecule has 5 heteroatoms. The molecular formula is C12H10N2OS2. The average molecular weight is 262 g/mol. The van der Waals surface area contributed by atoms with Crippen molar-refractivity contribution in [3.63, 3.8) is 0 Å². The Morgan fingerprint density at radius 1 is 1.35 bits per heavy atom. The fourth-order valence-electron chi connectivity index (χ4n) is 1.79. The third-order valence-electron chi connectivity index (χ3n) is 2.50. The second-order valence-electron chi connectivity index (χ2n) is 3.57. The van der Waals surface area contributed by atoms with E-state index in [-0.39, 0.29) is 0 Å². The van der Waals surface area contributed by atoms with Crippen LogP contribution in [0, 0.1) is 0 Å². The molecule has 0 bridgehead atoms. The monoisotopic (exact) mass is 262 g/mol. The van der Waals surface area contributed by atoms with Crippen molar-refractivity contribution < 1.29 is 5.11 Å². The number of rotatable bonds is 2. The average Bonchev–Trinajstić information content (AvgIpc) is 2.91. The van der Waals surface area contributed by atoms with Crippen molar-refractivity contribution in [3.05, 3.63) is 35.7 Å². The molecule has 17 heavy (non-hydrogen) atoms. The lowest BCUT2D eigenvalue weighted by molar-refractivity contribution is 0.477. The van der Waals surface area contributed by atoms with Crippen molar-refractivity contribution in [1.29, 1.82) is 0 Å². The van der Waals surface area contributed by atoms with Gasteiger partial charge in [0.1, 0.15) is 10.8 Å². The number of nitrogens with zero attached hydrogens (tertiary/aromatic N) is 2. The molecule has 86 valence electrons. The lowest BCUT2D eigenvalue weighted by atomic mass is 10.3. The molecule has 1 aromatic carbocycles. The molecule has 3 aromatic rings. The van der Waals surface area contributed by atoms with Crippen molar-refractivity contribution in [2.24, 2.45) is 0 Å². The summed E-state index contributed by atoms with van der Waals surface area (Å²) in [5, 5.41) is 13.1. The Bertz CT molecular complexity index is 672. The number of aromatic hydroxyl groups is 1. The zero-order valence-electron chi connectivity index (χ0n) is 9.12. The Morgan fingerprint density at radius 3 is 2.88 bits per heavy atom. The smallest absolute Gasteiger partial charge is 0.174 e. The third-order valence-corrected chi connectivity index (χ3v) is 4.05. The van der Waals surface area contributed by atoms with Crippen molar-refractivity contribution in [2.45, 2.75) is 5.16 Å². The number of hydrogen-bond donors (Lipinski definition) is 1. The topological polar surface area (TPSA) is 38.0 Å². The Labute approximate surface area is 107 Å². The van der Waals surface area contributed by atoms with E-state index in [2.05, 4.69) is 9.55 Å². The van der Waals surface area contributed by atoms with Crippen LogP contribution in [0.2, 0.25) is 0 Å². The number of para-hydroxylation sites is 2. The lowest BCUT2D eigenvalue weighted by Crippen LogP contribution is -1.92. The van der Waals surface area contributed by atoms with Gasteiger partial charge in [-0.2, -0.15) is 0 Å². The molecule has 0 radical (unpaired) electrons. The highest BCUT2D eigenvalue weighted by molar-refractivity contribution is 7.98. The molecule has 2 heterocycles. The van der Waals surface area contributed by atoms with E-state index in [4.69, 9.17) is 0 Å². The Hall–Kier alpha value is -1.46. The summed E-state index contributed by atoms with van der Waals surface area (Å²) in [4.78, 5) is 4.57. The Morgan fingerprint density at radius 2 is 2.18 bits per heavy atom. The van der Waals surface area contributed by atoms with Crippen LogP contribution in [-0.4, -0.2) is 20.9 Å². The predicted molar refractivity (Wildman–Crippen MR) is 72.4 cm³/mol. The molecule has 0 saturated heterocycles. The van der Waals surface area contributed by atoms with Crippen LogP contribution in [0.1, 0.15) is 0 Å². The van der Waals surface area contributed by atoms with Gasteiger partial charge in [-0.1, -0.05) is 23.9 Å². The van der Waals surface area contributed by atoms with Gasteiger partial charge in [0.15, 0.2) is 5.16 Å². The summed E-state index contributed by atoms with van der Waals surface area (Å²) in [6.07, 6.45) is 2.01. The number of benzene rings is 1. The van der Waals surface area contributed by atoms with Gasteiger partial charge in [-0.3, -0.25) is 4.57 Å². The van der Waals surface area contributed by atoms with Crippen molar-refractivity contribution in [3.8, 4) is 10.8 Å². The molecule has 0 unspecified atom stereocenters. The molecule has 3 rings (SSSR count). The van der Waals surface area contributed by atoms with Crippen LogP contribution in [0.15, 0.2) is 40.9 Å². The number of thioether (sulfide) groups is 1. The first kappa shape index (κ1) is 10.7. The van der Waals surface area contributed by atoms with Gasteiger partial charge in [-0.25, -0.2) is 4.98 Å². The molecule has 0 fully saturated rings. The lowest BCUT2D eigenvalue weighted by Gasteiger charge is -2.03. The molecule has 0 spiro atoms. The zero-order chi connectivity index (χ0) is 11.8. The van der Waals surface area contributed by atoms with Gasteiger partial charge in [-0.05, 0) is 18.4 Å². The summed E-state index contributed by atoms with van der Waals surface area (Å²) in [6, 6.07) is 9.78. The van der Waals surface area contributed by atoms with E-state index in [0.29, 0.717) is 5.75 Å². The van der Waals surface area contributed by atoms with Crippen LogP contribution < -0.4 is 0 Å². The Kier molecular flexibility index (Phi) is 2.57. The fourth-order valence-corrected chi connectivity index (χ4v) is 3.20. The second-order valence-corrected chi connectivity index (χ2v) is 5.23. The van der Waals surface area contributed by atoms with Gasteiger partial charge in [0, 0.05) is 11.4 Å². The highest BCUT2D eigenvalue weighted by atomic mass is 32.2. The maximum Gasteiger partial charge on any atom is 0.174 e. The first-order chi connectivity index (χ1) is 8.29. The number of fused-ring (bicyclic) bond motifs is 1. The largest absolute Gasteiger partial charge is 0.507 e. The summed E-state index contributed by atoms with van der Waals surface area (Å²) in [5.41, 5.74) is 2.04. The number of imidazole rings is 1. The van der Waals surface area contributed by atoms with Crippen LogP contribution in [0.25, 0.3) is 16.0 Å². The maximum absolute atomic E-state index is 9.46. The fraction of sp³-hybridized carbons (Fsp3) is 0.0833. The zero-order valence-corrected chi connectivity index (χ0v) is 10.8. The summed E-state index contributed by atoms with van der Waals surface area (Å²) >= 11 is 3.11. The normalized spacial score (nSPS) is 11.1. The predicted octanol–water partition coefficient (Wildman–Crippen LogP) is 3.51. The molecule has 0 amide bonds. The van der Waals surface area contributed by atoms with Crippen LogP contribution in [0.5, 0.6) is 5.75 Å². The van der Waals surface area contributed by atoms with E-state index in [1.165, 1.54) is 11.3 Å². The summed E-state index contributed by atoms with van der Waals surface area (Å²) in [5.74, 6) is 0.301. The quantitative estimate of drug-likeness (QED) is 0.718. The van der Waals surface area contributed by atoms with Crippen LogP contribution in [0.3, 0.4) is 0 Å². The van der Waals surface area contributed by atoms with E-state index in [0.717, 1.165) is 21.2 Å². The van der Waals surface area contributed by atoms with Crippen LogP contribution in [0.4, 0.5) is 0 Å². The highest BCUT2D eigenvalue weighted by Gasteiger charge is 2.12. The molecule has 3 nitrogen and oxygen atoms in total. The van der Waals surface area contributed by atoms with Gasteiger partial charge in [0.2, 0.25) is 0 Å². The molecule has 1 N–H and O–H groups in total. The van der Waals surface area contributed by atoms with E-state index in [1.54, 1.807) is 23.2 Å². The standard InChI is InChI=1S/C12H10N2OS2/c1-16-12-13-9-4-2-3-5-10(9)14(12)11-6-8(15)7-17-11/h2-7,15H,1H3. The molecule has 0 aliphatic rings. The van der Waals surface area contributed by atoms with Gasteiger partial charge in [0.05, 0.1) is 11.0 Å². The number of thiophene rings is 1. The highest BCUT2D eigenvalue weighted by Crippen LogP contribution is 2.31. The number of hydrogen-bond acceptors (Lipinski definition) is 4. The van der Waals surface area contributed by atoms with Crippen LogP contribution in [-0.2, 0) is 0 Å². The summed E-state index contributed by atoms with van der Waals surface area (Å²) in [7, 11) is 0. The minimum atomic E-state index is 0.301. The van der Waals surface area contributed by atoms with E-state index in [1.807, 2.05) is 30.5 Å². The van der Waals surface area contributed by atoms with Crippen molar-refractivity contribution in [1.82, 2.24) is 9.55 Å². The summed E-state index contributed by atoms with van der Waals surface area (Å²) < 4.78 is 2.07. The molecule has 0 aliphatic heterocycles. The van der Waals surface area contributed by atoms with Gasteiger partial charge >= 0.3 is 0 Å². The molecule has 0 atom stereocenters. The van der Waals surface area contributed by atoms with E-state index < -0.39 is 0 Å². The summed E-state index contributed by atoms with van der Waals surface area (Å²) in [6.45, 7) is 0. The first-order valence-electron chi connectivity index (χ1n) is 5.09. The van der Waals surface area contributed by atoms with Crippen LogP contribution >= 0.6 is 23.1 Å². The van der Waals surface area contributed by atoms with Gasteiger partial charge in [0.25, 0.3) is 0 Å². The van der Waals surface area contributed by atoms with E-state index >= 15 is 0 Å². The molecule has 0 aliphatic carbocycles. The van der Waals surface area contributed by atoms with E-state index in [9.17, 15) is 5.11 Å². The van der Waals surface area contributed by atoms with Crippen molar-refractivity contribution >= 4 is 34.1 Å². The first-order valence-corrected chi connectivity index (χ1v) is 7.19. The Balaban J connectivity index is 2.33. The van der Waals surface area contributed by atoms with Gasteiger partial charge in [-0.15, -0.1) is 11.3 Å².